The fourth-order valence-corrected chi connectivity index (χ4v) is 5.36. The molecule has 3 aromatic rings. The third kappa shape index (κ3) is 3.36. The van der Waals surface area contributed by atoms with Crippen molar-refractivity contribution in [3.63, 3.8) is 0 Å². The van der Waals surface area contributed by atoms with Crippen LogP contribution in [-0.4, -0.2) is 51.1 Å². The van der Waals surface area contributed by atoms with Crippen LogP contribution in [-0.2, 0) is 25.0 Å². The average Bonchev–Trinajstić information content (AvgIpc) is 3.18. The molecule has 9 nitrogen and oxygen atoms in total. The van der Waals surface area contributed by atoms with E-state index in [4.69, 9.17) is 0 Å². The molecule has 1 aromatic carbocycles. The first-order chi connectivity index (χ1) is 13.7. The quantitative estimate of drug-likeness (QED) is 0.563. The highest BCUT2D eigenvalue weighted by Crippen LogP contribution is 2.37. The van der Waals surface area contributed by atoms with E-state index in [1.54, 1.807) is 26.8 Å². The molecule has 0 aliphatic carbocycles. The lowest BCUT2D eigenvalue weighted by molar-refractivity contribution is -0.142. The van der Waals surface area contributed by atoms with Crippen molar-refractivity contribution in [3.05, 3.63) is 28.9 Å². The number of carbonyl (C=O) groups excluding carboxylic acids is 1. The standard InChI is InChI=1S/C19H23N3O6S2/c1-10-14(22-17(20-10)29-15(21-22)18(2,3)25)11-7-8-12(23)13(9-11)30(26,27)19(4,5)16(24)28-6/h7-9,23,25H,1-6H3. The number of rotatable bonds is 5. The normalized spacial score (nSPS) is 13.0. The Hall–Kier alpha value is -2.50. The number of phenols is 1. The number of aromatic hydroxyl groups is 1. The number of benzene rings is 1. The fourth-order valence-electron chi connectivity index (χ4n) is 2.93. The van der Waals surface area contributed by atoms with Gasteiger partial charge in [-0.25, -0.2) is 17.9 Å². The van der Waals surface area contributed by atoms with Crippen LogP contribution in [0.15, 0.2) is 23.1 Å². The van der Waals surface area contributed by atoms with Gasteiger partial charge in [-0.2, -0.15) is 5.10 Å². The molecule has 0 atom stereocenters. The monoisotopic (exact) mass is 453 g/mol. The largest absolute Gasteiger partial charge is 0.507 e. The van der Waals surface area contributed by atoms with Crippen molar-refractivity contribution in [2.45, 2.75) is 49.9 Å². The Balaban J connectivity index is 2.23. The van der Waals surface area contributed by atoms with Gasteiger partial charge in [0.1, 0.15) is 21.3 Å². The summed E-state index contributed by atoms with van der Waals surface area (Å²) in [6.07, 6.45) is 0. The average molecular weight is 454 g/mol. The molecule has 162 valence electrons. The van der Waals surface area contributed by atoms with Gasteiger partial charge in [0, 0.05) is 5.56 Å². The number of sulfone groups is 1. The summed E-state index contributed by atoms with van der Waals surface area (Å²) in [6.45, 7) is 7.41. The molecular weight excluding hydrogens is 430 g/mol. The topological polar surface area (TPSA) is 131 Å². The van der Waals surface area contributed by atoms with E-state index < -0.39 is 36.8 Å². The molecule has 3 rings (SSSR count). The molecule has 2 heterocycles. The molecule has 0 spiro atoms. The number of aromatic nitrogens is 3. The maximum Gasteiger partial charge on any atom is 0.327 e. The van der Waals surface area contributed by atoms with E-state index >= 15 is 0 Å². The second kappa shape index (κ2) is 7.03. The number of aliphatic hydroxyl groups is 1. The highest BCUT2D eigenvalue weighted by Gasteiger charge is 2.45. The van der Waals surface area contributed by atoms with Gasteiger partial charge in [0.2, 0.25) is 4.96 Å². The van der Waals surface area contributed by atoms with Gasteiger partial charge < -0.3 is 14.9 Å². The van der Waals surface area contributed by atoms with Crippen molar-refractivity contribution in [1.29, 1.82) is 0 Å². The fraction of sp³-hybridized carbons (Fsp3) is 0.421. The predicted octanol–water partition coefficient (Wildman–Crippen LogP) is 2.42. The van der Waals surface area contributed by atoms with E-state index in [0.29, 0.717) is 26.9 Å². The first-order valence-corrected chi connectivity index (χ1v) is 11.3. The molecule has 2 aromatic heterocycles. The molecular formula is C19H23N3O6S2. The number of esters is 1. The third-order valence-electron chi connectivity index (χ3n) is 4.77. The van der Waals surface area contributed by atoms with Crippen molar-refractivity contribution in [2.24, 2.45) is 0 Å². The summed E-state index contributed by atoms with van der Waals surface area (Å²) in [4.78, 5) is 16.7. The number of methoxy groups -OCH3 is 1. The summed E-state index contributed by atoms with van der Waals surface area (Å²) < 4.78 is 30.6. The van der Waals surface area contributed by atoms with E-state index in [1.165, 1.54) is 41.8 Å². The van der Waals surface area contributed by atoms with Crippen LogP contribution in [0.5, 0.6) is 5.75 Å². The summed E-state index contributed by atoms with van der Waals surface area (Å²) in [5, 5.41) is 25.4. The molecule has 30 heavy (non-hydrogen) atoms. The molecule has 0 radical (unpaired) electrons. The number of aryl methyl sites for hydroxylation is 1. The molecule has 0 saturated carbocycles. The third-order valence-corrected chi connectivity index (χ3v) is 8.41. The molecule has 0 bridgehead atoms. The number of hydrogen-bond donors (Lipinski definition) is 2. The molecule has 0 amide bonds. The number of imidazole rings is 1. The van der Waals surface area contributed by atoms with E-state index in [-0.39, 0.29) is 0 Å². The Labute approximate surface area is 177 Å². The summed E-state index contributed by atoms with van der Waals surface area (Å²) in [6, 6.07) is 4.08. The van der Waals surface area contributed by atoms with E-state index in [9.17, 15) is 23.4 Å². The van der Waals surface area contributed by atoms with E-state index in [1.807, 2.05) is 0 Å². The number of fused-ring (bicyclic) bond motifs is 1. The zero-order chi connectivity index (χ0) is 22.6. The maximum atomic E-state index is 13.2. The zero-order valence-corrected chi connectivity index (χ0v) is 19.1. The summed E-state index contributed by atoms with van der Waals surface area (Å²) in [5.41, 5.74) is 0.385. The van der Waals surface area contributed by atoms with Crippen LogP contribution in [0.4, 0.5) is 0 Å². The van der Waals surface area contributed by atoms with Gasteiger partial charge in [0.05, 0.1) is 18.5 Å². The van der Waals surface area contributed by atoms with Crippen molar-refractivity contribution >= 4 is 32.1 Å². The minimum absolute atomic E-state index is 0.400. The van der Waals surface area contributed by atoms with Gasteiger partial charge >= 0.3 is 5.97 Å². The van der Waals surface area contributed by atoms with Gasteiger partial charge in [-0.15, -0.1) is 0 Å². The second-order valence-electron chi connectivity index (χ2n) is 7.89. The Kier molecular flexibility index (Phi) is 5.20. The molecule has 0 saturated heterocycles. The Morgan fingerprint density at radius 1 is 1.23 bits per heavy atom. The lowest BCUT2D eigenvalue weighted by atomic mass is 10.1. The minimum Gasteiger partial charge on any atom is -0.507 e. The summed E-state index contributed by atoms with van der Waals surface area (Å²) in [5.74, 6) is -1.42. The van der Waals surface area contributed by atoms with Crippen molar-refractivity contribution < 1.29 is 28.2 Å². The van der Waals surface area contributed by atoms with E-state index in [0.717, 1.165) is 7.11 Å². The number of nitrogens with zero attached hydrogens (tertiary/aromatic N) is 3. The maximum absolute atomic E-state index is 13.2. The van der Waals surface area contributed by atoms with Crippen molar-refractivity contribution in [3.8, 4) is 17.0 Å². The summed E-state index contributed by atoms with van der Waals surface area (Å²) in [7, 11) is -3.19. The van der Waals surface area contributed by atoms with Gasteiger partial charge in [-0.3, -0.25) is 4.79 Å². The Bertz CT molecular complexity index is 1250. The lowest BCUT2D eigenvalue weighted by Gasteiger charge is -2.22. The highest BCUT2D eigenvalue weighted by molar-refractivity contribution is 7.93. The van der Waals surface area contributed by atoms with Gasteiger partial charge in [0.15, 0.2) is 14.6 Å². The molecule has 11 heteroatoms. The molecule has 0 aliphatic rings. The van der Waals surface area contributed by atoms with Gasteiger partial charge in [-0.05, 0) is 52.8 Å². The first kappa shape index (κ1) is 22.2. The van der Waals surface area contributed by atoms with Gasteiger partial charge in [-0.1, -0.05) is 11.3 Å². The molecule has 0 unspecified atom stereocenters. The summed E-state index contributed by atoms with van der Waals surface area (Å²) >= 11 is 1.22. The number of hydrogen-bond acceptors (Lipinski definition) is 9. The van der Waals surface area contributed by atoms with Crippen LogP contribution >= 0.6 is 11.3 Å². The SMILES string of the molecule is COC(=O)C(C)(C)S(=O)(=O)c1cc(-c2c(C)nc3sc(C(C)(C)O)nn23)ccc1O. The van der Waals surface area contributed by atoms with Crippen molar-refractivity contribution in [2.75, 3.05) is 7.11 Å². The zero-order valence-electron chi connectivity index (χ0n) is 17.4. The molecule has 0 fully saturated rings. The van der Waals surface area contributed by atoms with Gasteiger partial charge in [0.25, 0.3) is 0 Å². The lowest BCUT2D eigenvalue weighted by Crippen LogP contribution is -2.41. The van der Waals surface area contributed by atoms with Crippen LogP contribution < -0.4 is 0 Å². The van der Waals surface area contributed by atoms with Crippen LogP contribution in [0, 0.1) is 6.92 Å². The van der Waals surface area contributed by atoms with Crippen molar-refractivity contribution in [1.82, 2.24) is 14.6 Å². The number of ether oxygens (including phenoxy) is 1. The second-order valence-corrected chi connectivity index (χ2v) is 11.3. The van der Waals surface area contributed by atoms with Crippen LogP contribution in [0.25, 0.3) is 16.2 Å². The molecule has 0 aliphatic heterocycles. The van der Waals surface area contributed by atoms with Crippen LogP contribution in [0.1, 0.15) is 38.4 Å². The van der Waals surface area contributed by atoms with Crippen LogP contribution in [0.2, 0.25) is 0 Å². The first-order valence-electron chi connectivity index (χ1n) is 8.97. The smallest absolute Gasteiger partial charge is 0.327 e. The Morgan fingerprint density at radius 3 is 2.43 bits per heavy atom. The Morgan fingerprint density at radius 2 is 1.87 bits per heavy atom. The minimum atomic E-state index is -4.29. The predicted molar refractivity (Wildman–Crippen MR) is 111 cm³/mol. The molecule has 2 N–H and O–H groups in total. The highest BCUT2D eigenvalue weighted by atomic mass is 32.2. The van der Waals surface area contributed by atoms with Crippen LogP contribution in [0.3, 0.4) is 0 Å². The number of carbonyl (C=O) groups is 1. The van der Waals surface area contributed by atoms with E-state index in [2.05, 4.69) is 14.8 Å². The number of phenolic OH excluding ortho intramolecular Hbond substituents is 1.